The molecule has 0 spiro atoms. The zero-order valence-corrected chi connectivity index (χ0v) is 13.1. The minimum absolute atomic E-state index is 0.0941. The van der Waals surface area contributed by atoms with Gasteiger partial charge in [0.15, 0.2) is 0 Å². The van der Waals surface area contributed by atoms with Crippen LogP contribution in [0.25, 0.3) is 0 Å². The van der Waals surface area contributed by atoms with Crippen LogP contribution < -0.4 is 10.6 Å². The molecule has 1 saturated carbocycles. The molecular formula is C15H30N2O2. The first-order valence-electron chi connectivity index (χ1n) is 7.56. The van der Waals surface area contributed by atoms with Gasteiger partial charge in [-0.15, -0.1) is 0 Å². The zero-order valence-electron chi connectivity index (χ0n) is 13.1. The van der Waals surface area contributed by atoms with E-state index in [9.17, 15) is 4.79 Å². The van der Waals surface area contributed by atoms with E-state index >= 15 is 0 Å². The van der Waals surface area contributed by atoms with Crippen LogP contribution in [0.15, 0.2) is 0 Å². The maximum absolute atomic E-state index is 11.8. The normalized spacial score (nSPS) is 26.6. The van der Waals surface area contributed by atoms with Gasteiger partial charge >= 0.3 is 0 Å². The fourth-order valence-corrected chi connectivity index (χ4v) is 2.76. The summed E-state index contributed by atoms with van der Waals surface area (Å²) in [6.45, 7) is 11.8. The largest absolute Gasteiger partial charge is 0.378 e. The summed E-state index contributed by atoms with van der Waals surface area (Å²) in [6.07, 6.45) is 3.45. The van der Waals surface area contributed by atoms with Gasteiger partial charge in [-0.25, -0.2) is 0 Å². The first-order chi connectivity index (χ1) is 8.91. The highest BCUT2D eigenvalue weighted by molar-refractivity contribution is 5.78. The molecule has 3 atom stereocenters. The zero-order chi connectivity index (χ0) is 14.5. The van der Waals surface area contributed by atoms with E-state index in [1.165, 1.54) is 0 Å². The molecule has 1 aliphatic carbocycles. The van der Waals surface area contributed by atoms with E-state index in [1.807, 2.05) is 6.92 Å². The maximum atomic E-state index is 11.8. The number of hydrogen-bond donors (Lipinski definition) is 2. The van der Waals surface area contributed by atoms with Gasteiger partial charge in [0.05, 0.1) is 12.6 Å². The summed E-state index contributed by atoms with van der Waals surface area (Å²) in [6, 6.07) is 0.640. The second kappa shape index (κ2) is 7.25. The highest BCUT2D eigenvalue weighted by atomic mass is 16.5. The number of rotatable bonds is 8. The van der Waals surface area contributed by atoms with Crippen molar-refractivity contribution < 1.29 is 9.53 Å². The molecule has 0 radical (unpaired) electrons. The van der Waals surface area contributed by atoms with E-state index in [-0.39, 0.29) is 17.4 Å². The molecule has 4 heteroatoms. The summed E-state index contributed by atoms with van der Waals surface area (Å²) < 4.78 is 5.69. The Morgan fingerprint density at radius 2 is 2.11 bits per heavy atom. The summed E-state index contributed by atoms with van der Waals surface area (Å²) in [5, 5.41) is 6.37. The molecule has 1 aliphatic rings. The number of amides is 1. The molecule has 1 fully saturated rings. The van der Waals surface area contributed by atoms with Crippen LogP contribution >= 0.6 is 0 Å². The van der Waals surface area contributed by atoms with E-state index in [2.05, 4.69) is 38.3 Å². The third kappa shape index (κ3) is 4.46. The van der Waals surface area contributed by atoms with Gasteiger partial charge in [0.1, 0.15) is 0 Å². The average molecular weight is 270 g/mol. The monoisotopic (exact) mass is 270 g/mol. The van der Waals surface area contributed by atoms with Crippen LogP contribution in [-0.2, 0) is 9.53 Å². The Balaban J connectivity index is 2.25. The molecule has 0 aromatic heterocycles. The molecule has 1 amide bonds. The lowest BCUT2D eigenvalue weighted by Crippen LogP contribution is -2.62. The molecule has 0 saturated heterocycles. The number of carbonyl (C=O) groups excluding carboxylic acids is 1. The second-order valence-electron chi connectivity index (χ2n) is 6.19. The van der Waals surface area contributed by atoms with Crippen LogP contribution in [-0.4, -0.2) is 37.2 Å². The van der Waals surface area contributed by atoms with Crippen molar-refractivity contribution in [2.24, 2.45) is 5.41 Å². The quantitative estimate of drug-likeness (QED) is 0.710. The van der Waals surface area contributed by atoms with Crippen LogP contribution in [0.5, 0.6) is 0 Å². The van der Waals surface area contributed by atoms with Crippen molar-refractivity contribution in [3.8, 4) is 0 Å². The maximum Gasteiger partial charge on any atom is 0.234 e. The van der Waals surface area contributed by atoms with Crippen molar-refractivity contribution in [1.29, 1.82) is 0 Å². The Kier molecular flexibility index (Phi) is 6.27. The van der Waals surface area contributed by atoms with Crippen molar-refractivity contribution in [1.82, 2.24) is 10.6 Å². The van der Waals surface area contributed by atoms with Gasteiger partial charge in [-0.2, -0.15) is 0 Å². The predicted molar refractivity (Wildman–Crippen MR) is 78.1 cm³/mol. The van der Waals surface area contributed by atoms with Crippen molar-refractivity contribution >= 4 is 5.91 Å². The lowest BCUT2D eigenvalue weighted by Gasteiger charge is -2.51. The van der Waals surface area contributed by atoms with Gasteiger partial charge in [0.25, 0.3) is 0 Å². The molecule has 0 aromatic carbocycles. The van der Waals surface area contributed by atoms with E-state index in [4.69, 9.17) is 4.74 Å². The smallest absolute Gasteiger partial charge is 0.234 e. The van der Waals surface area contributed by atoms with E-state index in [0.717, 1.165) is 25.9 Å². The fraction of sp³-hybridized carbons (Fsp3) is 0.933. The molecule has 112 valence electrons. The lowest BCUT2D eigenvalue weighted by atomic mass is 9.64. The molecule has 2 N–H and O–H groups in total. The summed E-state index contributed by atoms with van der Waals surface area (Å²) in [5.74, 6) is 0.0941. The molecule has 1 rings (SSSR count). The van der Waals surface area contributed by atoms with Crippen molar-refractivity contribution in [3.63, 3.8) is 0 Å². The van der Waals surface area contributed by atoms with E-state index in [0.29, 0.717) is 18.7 Å². The number of ether oxygens (including phenoxy) is 1. The first-order valence-corrected chi connectivity index (χ1v) is 7.56. The topological polar surface area (TPSA) is 50.4 Å². The predicted octanol–water partition coefficient (Wildman–Crippen LogP) is 2.08. The third-order valence-electron chi connectivity index (χ3n) is 4.18. The Morgan fingerprint density at radius 1 is 1.42 bits per heavy atom. The van der Waals surface area contributed by atoms with Crippen LogP contribution in [0.1, 0.15) is 53.9 Å². The van der Waals surface area contributed by atoms with Gasteiger partial charge in [0.2, 0.25) is 5.91 Å². The highest BCUT2D eigenvalue weighted by Crippen LogP contribution is 2.42. The molecule has 0 aromatic rings. The summed E-state index contributed by atoms with van der Waals surface area (Å²) in [4.78, 5) is 11.8. The molecule has 3 unspecified atom stereocenters. The molecule has 4 nitrogen and oxygen atoms in total. The van der Waals surface area contributed by atoms with Crippen LogP contribution in [0.2, 0.25) is 0 Å². The van der Waals surface area contributed by atoms with Crippen molar-refractivity contribution in [2.75, 3.05) is 13.2 Å². The number of carbonyl (C=O) groups is 1. The highest BCUT2D eigenvalue weighted by Gasteiger charge is 2.48. The van der Waals surface area contributed by atoms with Crippen molar-refractivity contribution in [2.45, 2.75) is 72.1 Å². The van der Waals surface area contributed by atoms with Gasteiger partial charge in [0, 0.05) is 24.1 Å². The molecule has 19 heavy (non-hydrogen) atoms. The van der Waals surface area contributed by atoms with E-state index < -0.39 is 0 Å². The lowest BCUT2D eigenvalue weighted by molar-refractivity contribution is -0.126. The van der Waals surface area contributed by atoms with Gasteiger partial charge < -0.3 is 15.4 Å². The standard InChI is InChI=1S/C15H30N2O2/c1-6-8-11(3)17-14(18)10-16-12-9-13(19-7-2)15(12,4)5/h11-13,16H,6-10H2,1-5H3,(H,17,18). The summed E-state index contributed by atoms with van der Waals surface area (Å²) in [5.41, 5.74) is 0.116. The fourth-order valence-electron chi connectivity index (χ4n) is 2.76. The number of nitrogens with one attached hydrogen (secondary N) is 2. The Morgan fingerprint density at radius 3 is 2.63 bits per heavy atom. The van der Waals surface area contributed by atoms with Crippen molar-refractivity contribution in [3.05, 3.63) is 0 Å². The molecular weight excluding hydrogens is 240 g/mol. The summed E-state index contributed by atoms with van der Waals surface area (Å²) >= 11 is 0. The SMILES string of the molecule is CCCC(C)NC(=O)CNC1CC(OCC)C1(C)C. The Labute approximate surface area is 117 Å². The van der Waals surface area contributed by atoms with Crippen LogP contribution in [0.3, 0.4) is 0 Å². The minimum atomic E-state index is 0.0941. The van der Waals surface area contributed by atoms with Gasteiger partial charge in [-0.05, 0) is 26.7 Å². The Bertz CT molecular complexity index is 292. The van der Waals surface area contributed by atoms with Crippen LogP contribution in [0, 0.1) is 5.41 Å². The minimum Gasteiger partial charge on any atom is -0.378 e. The average Bonchev–Trinajstić information content (AvgIpc) is 2.33. The third-order valence-corrected chi connectivity index (χ3v) is 4.18. The summed E-state index contributed by atoms with van der Waals surface area (Å²) in [7, 11) is 0. The first kappa shape index (κ1) is 16.4. The second-order valence-corrected chi connectivity index (χ2v) is 6.19. The van der Waals surface area contributed by atoms with Gasteiger partial charge in [-0.1, -0.05) is 27.2 Å². The Hall–Kier alpha value is -0.610. The number of hydrogen-bond acceptors (Lipinski definition) is 3. The van der Waals surface area contributed by atoms with Crippen LogP contribution in [0.4, 0.5) is 0 Å². The molecule has 0 heterocycles. The van der Waals surface area contributed by atoms with Gasteiger partial charge in [-0.3, -0.25) is 4.79 Å². The van der Waals surface area contributed by atoms with E-state index in [1.54, 1.807) is 0 Å². The molecule has 0 bridgehead atoms. The molecule has 0 aliphatic heterocycles.